The molecule has 0 bridgehead atoms. The van der Waals surface area contributed by atoms with Gasteiger partial charge in [0.2, 0.25) is 5.89 Å². The summed E-state index contributed by atoms with van der Waals surface area (Å²) >= 11 is 0. The number of rotatable bonds is 5. The van der Waals surface area contributed by atoms with Crippen LogP contribution in [0.25, 0.3) is 22.4 Å². The summed E-state index contributed by atoms with van der Waals surface area (Å²) in [6.45, 7) is 1.41. The van der Waals surface area contributed by atoms with E-state index >= 15 is 0 Å². The van der Waals surface area contributed by atoms with Gasteiger partial charge in [0, 0.05) is 51.4 Å². The number of aromatic nitrogens is 4. The van der Waals surface area contributed by atoms with E-state index in [0.29, 0.717) is 37.5 Å². The maximum atomic E-state index is 13.1. The van der Waals surface area contributed by atoms with Gasteiger partial charge in [-0.15, -0.1) is 0 Å². The first-order chi connectivity index (χ1) is 16.4. The van der Waals surface area contributed by atoms with Gasteiger partial charge in [-0.2, -0.15) is 5.10 Å². The Labute approximate surface area is 196 Å². The Balaban J connectivity index is 1.43. The molecule has 3 aromatic heterocycles. The van der Waals surface area contributed by atoms with Gasteiger partial charge < -0.3 is 24.6 Å². The SMILES string of the molecule is CN(C)c1cc(-c2nc(C(=O)Nc3cc4cnn(C)c4cc3N3CCC(O)CC3)co2)ccn1. The molecular weight excluding hydrogens is 434 g/mol. The van der Waals surface area contributed by atoms with Crippen molar-refractivity contribution in [3.05, 3.63) is 48.6 Å². The van der Waals surface area contributed by atoms with Crippen LogP contribution in [0.5, 0.6) is 0 Å². The summed E-state index contributed by atoms with van der Waals surface area (Å²) in [5.41, 5.74) is 3.46. The van der Waals surface area contributed by atoms with Gasteiger partial charge in [-0.05, 0) is 37.1 Å². The molecule has 1 aromatic carbocycles. The van der Waals surface area contributed by atoms with Crippen LogP contribution >= 0.6 is 0 Å². The number of amides is 1. The Morgan fingerprint density at radius 3 is 2.79 bits per heavy atom. The molecule has 0 spiro atoms. The first-order valence-corrected chi connectivity index (χ1v) is 11.2. The number of carbonyl (C=O) groups is 1. The minimum atomic E-state index is -0.363. The lowest BCUT2D eigenvalue weighted by Gasteiger charge is -2.33. The summed E-state index contributed by atoms with van der Waals surface area (Å²) in [7, 11) is 5.70. The number of pyridine rings is 1. The third-order valence-electron chi connectivity index (χ3n) is 6.10. The van der Waals surface area contributed by atoms with E-state index in [9.17, 15) is 9.90 Å². The van der Waals surface area contributed by atoms with Crippen LogP contribution in [0.3, 0.4) is 0 Å². The summed E-state index contributed by atoms with van der Waals surface area (Å²) < 4.78 is 7.42. The van der Waals surface area contributed by atoms with Gasteiger partial charge in [-0.3, -0.25) is 9.48 Å². The molecule has 10 nitrogen and oxygen atoms in total. The highest BCUT2D eigenvalue weighted by atomic mass is 16.3. The normalized spacial score (nSPS) is 14.5. The van der Waals surface area contributed by atoms with Crippen molar-refractivity contribution in [1.29, 1.82) is 0 Å². The Morgan fingerprint density at radius 2 is 2.03 bits per heavy atom. The van der Waals surface area contributed by atoms with Crippen molar-refractivity contribution in [2.45, 2.75) is 18.9 Å². The smallest absolute Gasteiger partial charge is 0.277 e. The Bertz CT molecular complexity index is 1340. The van der Waals surface area contributed by atoms with E-state index in [2.05, 4.69) is 25.3 Å². The maximum absolute atomic E-state index is 13.1. The van der Waals surface area contributed by atoms with Gasteiger partial charge in [-0.25, -0.2) is 9.97 Å². The molecular formula is C24H27N7O3. The number of aliphatic hydroxyl groups excluding tert-OH is 1. The monoisotopic (exact) mass is 461 g/mol. The quantitative estimate of drug-likeness (QED) is 0.467. The Hall–Kier alpha value is -3.92. The van der Waals surface area contributed by atoms with Gasteiger partial charge in [0.1, 0.15) is 12.1 Å². The summed E-state index contributed by atoms with van der Waals surface area (Å²) in [5, 5.41) is 18.2. The van der Waals surface area contributed by atoms with E-state index in [4.69, 9.17) is 4.42 Å². The van der Waals surface area contributed by atoms with Gasteiger partial charge in [0.15, 0.2) is 5.69 Å². The zero-order chi connectivity index (χ0) is 23.8. The van der Waals surface area contributed by atoms with Crippen LogP contribution < -0.4 is 15.1 Å². The number of hydrogen-bond acceptors (Lipinski definition) is 8. The molecule has 1 saturated heterocycles. The number of carbonyl (C=O) groups excluding carboxylic acids is 1. The average Bonchev–Trinajstić information content (AvgIpc) is 3.47. The number of anilines is 3. The van der Waals surface area contributed by atoms with Gasteiger partial charge in [0.25, 0.3) is 5.91 Å². The van der Waals surface area contributed by atoms with Crippen LogP contribution in [-0.2, 0) is 7.05 Å². The number of fused-ring (bicyclic) bond motifs is 1. The minimum absolute atomic E-state index is 0.185. The summed E-state index contributed by atoms with van der Waals surface area (Å²) in [6, 6.07) is 7.60. The lowest BCUT2D eigenvalue weighted by molar-refractivity contribution is 0.102. The van der Waals surface area contributed by atoms with E-state index in [0.717, 1.165) is 28.0 Å². The van der Waals surface area contributed by atoms with E-state index in [1.54, 1.807) is 18.5 Å². The first kappa shape index (κ1) is 21.9. The molecule has 1 amide bonds. The second-order valence-corrected chi connectivity index (χ2v) is 8.70. The number of aryl methyl sites for hydroxylation is 1. The average molecular weight is 462 g/mol. The van der Waals surface area contributed by atoms with E-state index in [1.165, 1.54) is 6.26 Å². The van der Waals surface area contributed by atoms with Crippen molar-refractivity contribution < 1.29 is 14.3 Å². The minimum Gasteiger partial charge on any atom is -0.444 e. The second-order valence-electron chi connectivity index (χ2n) is 8.70. The Kier molecular flexibility index (Phi) is 5.66. The van der Waals surface area contributed by atoms with Crippen molar-refractivity contribution in [1.82, 2.24) is 19.7 Å². The molecule has 0 atom stereocenters. The molecule has 0 aliphatic carbocycles. The van der Waals surface area contributed by atoms with Gasteiger partial charge in [0.05, 0.1) is 29.2 Å². The molecule has 4 heterocycles. The lowest BCUT2D eigenvalue weighted by atomic mass is 10.1. The molecule has 5 rings (SSSR count). The van der Waals surface area contributed by atoms with Gasteiger partial charge in [-0.1, -0.05) is 0 Å². The number of aliphatic hydroxyl groups is 1. The fourth-order valence-corrected chi connectivity index (χ4v) is 4.15. The summed E-state index contributed by atoms with van der Waals surface area (Å²) in [6.07, 6.45) is 5.90. The van der Waals surface area contributed by atoms with E-state index < -0.39 is 0 Å². The van der Waals surface area contributed by atoms with Crippen LogP contribution in [-0.4, -0.2) is 64.1 Å². The number of oxazole rings is 1. The fraction of sp³-hybridized carbons (Fsp3) is 0.333. The molecule has 1 aliphatic heterocycles. The van der Waals surface area contributed by atoms with E-state index in [-0.39, 0.29) is 17.7 Å². The largest absolute Gasteiger partial charge is 0.444 e. The molecule has 1 fully saturated rings. The number of nitrogens with zero attached hydrogens (tertiary/aromatic N) is 6. The second kappa shape index (κ2) is 8.79. The lowest BCUT2D eigenvalue weighted by Crippen LogP contribution is -2.36. The number of nitrogens with one attached hydrogen (secondary N) is 1. The zero-order valence-corrected chi connectivity index (χ0v) is 19.4. The first-order valence-electron chi connectivity index (χ1n) is 11.2. The third-order valence-corrected chi connectivity index (χ3v) is 6.10. The number of piperidine rings is 1. The van der Waals surface area contributed by atoms with Crippen LogP contribution in [0.1, 0.15) is 23.3 Å². The molecule has 0 radical (unpaired) electrons. The van der Waals surface area contributed by atoms with Crippen molar-refractivity contribution in [2.24, 2.45) is 7.05 Å². The van der Waals surface area contributed by atoms with Crippen LogP contribution in [0.4, 0.5) is 17.2 Å². The van der Waals surface area contributed by atoms with Gasteiger partial charge >= 0.3 is 0 Å². The van der Waals surface area contributed by atoms with Crippen LogP contribution in [0.2, 0.25) is 0 Å². The van der Waals surface area contributed by atoms with Crippen molar-refractivity contribution in [2.75, 3.05) is 42.3 Å². The Morgan fingerprint density at radius 1 is 1.24 bits per heavy atom. The standard InChI is InChI=1S/C24H27N7O3/c1-29(2)22-11-15(4-7-25-22)24-28-19(14-34-24)23(33)27-18-10-16-13-26-30(3)20(16)12-21(18)31-8-5-17(32)6-9-31/h4,7,10-14,17,32H,5-6,8-9H2,1-3H3,(H,27,33). The fourth-order valence-electron chi connectivity index (χ4n) is 4.15. The summed E-state index contributed by atoms with van der Waals surface area (Å²) in [5.74, 6) is 0.754. The van der Waals surface area contributed by atoms with Crippen molar-refractivity contribution in [3.8, 4) is 11.5 Å². The predicted octanol–water partition coefficient (Wildman–Crippen LogP) is 2.90. The molecule has 2 N–H and O–H groups in total. The van der Waals surface area contributed by atoms with E-state index in [1.807, 2.05) is 48.9 Å². The highest BCUT2D eigenvalue weighted by Gasteiger charge is 2.23. The predicted molar refractivity (Wildman–Crippen MR) is 130 cm³/mol. The van der Waals surface area contributed by atoms with Crippen LogP contribution in [0, 0.1) is 0 Å². The zero-order valence-electron chi connectivity index (χ0n) is 19.4. The maximum Gasteiger partial charge on any atom is 0.277 e. The topological polar surface area (TPSA) is 113 Å². The molecule has 34 heavy (non-hydrogen) atoms. The summed E-state index contributed by atoms with van der Waals surface area (Å²) in [4.78, 5) is 25.9. The third kappa shape index (κ3) is 4.19. The highest BCUT2D eigenvalue weighted by Crippen LogP contribution is 2.33. The van der Waals surface area contributed by atoms with Crippen LogP contribution in [0.15, 0.2) is 47.3 Å². The molecule has 4 aromatic rings. The molecule has 0 saturated carbocycles. The number of benzene rings is 1. The molecule has 1 aliphatic rings. The number of hydrogen-bond donors (Lipinski definition) is 2. The van der Waals surface area contributed by atoms with Crippen molar-refractivity contribution in [3.63, 3.8) is 0 Å². The van der Waals surface area contributed by atoms with Crippen molar-refractivity contribution >= 4 is 34.0 Å². The highest BCUT2D eigenvalue weighted by molar-refractivity contribution is 6.06. The molecule has 10 heteroatoms. The molecule has 176 valence electrons. The molecule has 0 unspecified atom stereocenters.